The smallest absolute Gasteiger partial charge is 0.344 e. The fourth-order valence-electron chi connectivity index (χ4n) is 1.89. The molecule has 0 bridgehead atoms. The van der Waals surface area contributed by atoms with Gasteiger partial charge in [0.15, 0.2) is 24.7 Å². The molecule has 8 heteroatoms. The molecular weight excluding hydrogens is 340 g/mol. The molecule has 0 aliphatic rings. The fraction of sp³-hybridized carbons (Fsp3) is 0.389. The SMILES string of the molecule is C=CCc1ccc(OCC(=O)OCC(=O)NC(=O)NCCC)c(OC)c1. The Bertz CT molecular complexity index is 645. The second kappa shape index (κ2) is 11.5. The van der Waals surface area contributed by atoms with Gasteiger partial charge < -0.3 is 19.5 Å². The van der Waals surface area contributed by atoms with Crippen molar-refractivity contribution in [2.24, 2.45) is 0 Å². The number of urea groups is 1. The van der Waals surface area contributed by atoms with E-state index in [0.717, 1.165) is 12.0 Å². The first kappa shape index (κ1) is 21.0. The van der Waals surface area contributed by atoms with Gasteiger partial charge in [-0.05, 0) is 30.5 Å². The van der Waals surface area contributed by atoms with Gasteiger partial charge >= 0.3 is 12.0 Å². The van der Waals surface area contributed by atoms with Gasteiger partial charge in [0.05, 0.1) is 7.11 Å². The summed E-state index contributed by atoms with van der Waals surface area (Å²) in [6, 6.07) is 4.65. The van der Waals surface area contributed by atoms with Crippen LogP contribution in [0.5, 0.6) is 11.5 Å². The monoisotopic (exact) mass is 364 g/mol. The molecule has 0 fully saturated rings. The summed E-state index contributed by atoms with van der Waals surface area (Å²) in [5.41, 5.74) is 0.991. The van der Waals surface area contributed by atoms with Crippen molar-refractivity contribution in [3.8, 4) is 11.5 Å². The quantitative estimate of drug-likeness (QED) is 0.483. The molecule has 0 aliphatic heterocycles. The van der Waals surface area contributed by atoms with E-state index in [1.54, 1.807) is 18.2 Å². The van der Waals surface area contributed by atoms with Gasteiger partial charge in [0.2, 0.25) is 0 Å². The summed E-state index contributed by atoms with van der Waals surface area (Å²) in [5.74, 6) is -0.618. The third-order valence-electron chi connectivity index (χ3n) is 3.11. The Morgan fingerprint density at radius 2 is 1.96 bits per heavy atom. The molecule has 3 amide bonds. The van der Waals surface area contributed by atoms with E-state index in [1.165, 1.54) is 7.11 Å². The van der Waals surface area contributed by atoms with E-state index in [4.69, 9.17) is 14.2 Å². The lowest BCUT2D eigenvalue weighted by Crippen LogP contribution is -2.41. The average Bonchev–Trinajstić information content (AvgIpc) is 2.63. The number of nitrogens with one attached hydrogen (secondary N) is 2. The standard InChI is InChI=1S/C18H24N2O6/c1-4-6-13-7-8-14(15(10-13)24-3)25-12-17(22)26-11-16(21)20-18(23)19-9-5-2/h4,7-8,10H,1,5-6,9,11-12H2,2-3H3,(H2,19,20,21,23). The molecule has 0 atom stereocenters. The van der Waals surface area contributed by atoms with Crippen molar-refractivity contribution in [3.63, 3.8) is 0 Å². The van der Waals surface area contributed by atoms with Gasteiger partial charge in [0, 0.05) is 6.54 Å². The summed E-state index contributed by atoms with van der Waals surface area (Å²) in [6.07, 6.45) is 3.19. The highest BCUT2D eigenvalue weighted by atomic mass is 16.6. The number of allylic oxidation sites excluding steroid dienone is 1. The van der Waals surface area contributed by atoms with E-state index >= 15 is 0 Å². The minimum atomic E-state index is -0.744. The van der Waals surface area contributed by atoms with Gasteiger partial charge in [-0.1, -0.05) is 19.1 Å². The maximum absolute atomic E-state index is 11.7. The van der Waals surface area contributed by atoms with Crippen LogP contribution in [0.2, 0.25) is 0 Å². The van der Waals surface area contributed by atoms with Gasteiger partial charge in [-0.15, -0.1) is 6.58 Å². The zero-order valence-electron chi connectivity index (χ0n) is 15.0. The maximum atomic E-state index is 11.7. The van der Waals surface area contributed by atoms with Gasteiger partial charge in [-0.25, -0.2) is 9.59 Å². The van der Waals surface area contributed by atoms with Crippen LogP contribution in [0.15, 0.2) is 30.9 Å². The van der Waals surface area contributed by atoms with Crippen molar-refractivity contribution in [1.29, 1.82) is 0 Å². The third kappa shape index (κ3) is 7.69. The number of esters is 1. The molecule has 0 unspecified atom stereocenters. The molecule has 0 aromatic heterocycles. The molecule has 1 aromatic rings. The molecule has 1 rings (SSSR count). The van der Waals surface area contributed by atoms with Crippen molar-refractivity contribution >= 4 is 17.9 Å². The predicted octanol–water partition coefficient (Wildman–Crippen LogP) is 1.58. The summed E-state index contributed by atoms with van der Waals surface area (Å²) in [5, 5.41) is 4.51. The second-order valence-electron chi connectivity index (χ2n) is 5.23. The van der Waals surface area contributed by atoms with Gasteiger partial charge in [0.25, 0.3) is 5.91 Å². The Morgan fingerprint density at radius 3 is 2.62 bits per heavy atom. The average molecular weight is 364 g/mol. The first-order chi connectivity index (χ1) is 12.5. The first-order valence-corrected chi connectivity index (χ1v) is 8.14. The highest BCUT2D eigenvalue weighted by Gasteiger charge is 2.12. The number of hydrogen-bond donors (Lipinski definition) is 2. The van der Waals surface area contributed by atoms with E-state index in [1.807, 2.05) is 18.3 Å². The fourth-order valence-corrected chi connectivity index (χ4v) is 1.89. The molecule has 2 N–H and O–H groups in total. The number of ether oxygens (including phenoxy) is 3. The number of carbonyl (C=O) groups excluding carboxylic acids is 3. The Balaban J connectivity index is 2.41. The molecule has 1 aromatic carbocycles. The molecule has 0 heterocycles. The zero-order valence-corrected chi connectivity index (χ0v) is 15.0. The topological polar surface area (TPSA) is 103 Å². The van der Waals surface area contributed by atoms with Gasteiger partial charge in [0.1, 0.15) is 0 Å². The minimum Gasteiger partial charge on any atom is -0.493 e. The molecule has 8 nitrogen and oxygen atoms in total. The molecule has 0 saturated heterocycles. The van der Waals surface area contributed by atoms with Crippen LogP contribution in [0.3, 0.4) is 0 Å². The molecular formula is C18H24N2O6. The lowest BCUT2D eigenvalue weighted by molar-refractivity contribution is -0.150. The Labute approximate surface area is 152 Å². The molecule has 0 saturated carbocycles. The molecule has 142 valence electrons. The van der Waals surface area contributed by atoms with E-state index in [9.17, 15) is 14.4 Å². The van der Waals surface area contributed by atoms with E-state index in [0.29, 0.717) is 24.5 Å². The highest BCUT2D eigenvalue weighted by Crippen LogP contribution is 2.28. The molecule has 0 spiro atoms. The summed E-state index contributed by atoms with van der Waals surface area (Å²) < 4.78 is 15.3. The van der Waals surface area contributed by atoms with Gasteiger partial charge in [-0.3, -0.25) is 10.1 Å². The molecule has 0 aliphatic carbocycles. The van der Waals surface area contributed by atoms with Crippen LogP contribution in [0.25, 0.3) is 0 Å². The van der Waals surface area contributed by atoms with Crippen LogP contribution in [0.4, 0.5) is 4.79 Å². The lowest BCUT2D eigenvalue weighted by Gasteiger charge is -2.11. The first-order valence-electron chi connectivity index (χ1n) is 8.14. The van der Waals surface area contributed by atoms with E-state index in [2.05, 4.69) is 11.9 Å². The van der Waals surface area contributed by atoms with E-state index < -0.39 is 31.1 Å². The normalized spacial score (nSPS) is 9.77. The number of imide groups is 1. The predicted molar refractivity (Wildman–Crippen MR) is 95.2 cm³/mol. The van der Waals surface area contributed by atoms with Gasteiger partial charge in [-0.2, -0.15) is 0 Å². The number of carbonyl (C=O) groups is 3. The number of hydrogen-bond acceptors (Lipinski definition) is 6. The summed E-state index contributed by atoms with van der Waals surface area (Å²) in [4.78, 5) is 34.4. The van der Waals surface area contributed by atoms with Crippen molar-refractivity contribution in [2.45, 2.75) is 19.8 Å². The maximum Gasteiger partial charge on any atom is 0.344 e. The Hall–Kier alpha value is -3.03. The largest absolute Gasteiger partial charge is 0.493 e. The van der Waals surface area contributed by atoms with Crippen LogP contribution in [-0.4, -0.2) is 44.8 Å². The summed E-state index contributed by atoms with van der Waals surface area (Å²) >= 11 is 0. The molecule has 0 radical (unpaired) electrons. The lowest BCUT2D eigenvalue weighted by atomic mass is 10.1. The number of methoxy groups -OCH3 is 1. The molecule has 26 heavy (non-hydrogen) atoms. The van der Waals surface area contributed by atoms with Crippen molar-refractivity contribution in [1.82, 2.24) is 10.6 Å². The highest BCUT2D eigenvalue weighted by molar-refractivity contribution is 5.95. The second-order valence-corrected chi connectivity index (χ2v) is 5.23. The number of amides is 3. The number of benzene rings is 1. The van der Waals surface area contributed by atoms with Crippen LogP contribution < -0.4 is 20.1 Å². The Kier molecular flexibility index (Phi) is 9.30. The van der Waals surface area contributed by atoms with Crippen molar-refractivity contribution < 1.29 is 28.6 Å². The van der Waals surface area contributed by atoms with Crippen LogP contribution >= 0.6 is 0 Å². The summed E-state index contributed by atoms with van der Waals surface area (Å²) in [6.45, 7) is 5.03. The van der Waals surface area contributed by atoms with Crippen LogP contribution in [-0.2, 0) is 20.7 Å². The van der Waals surface area contributed by atoms with E-state index in [-0.39, 0.29) is 0 Å². The summed E-state index contributed by atoms with van der Waals surface area (Å²) in [7, 11) is 1.49. The Morgan fingerprint density at radius 1 is 1.19 bits per heavy atom. The zero-order chi connectivity index (χ0) is 19.4. The van der Waals surface area contributed by atoms with Crippen molar-refractivity contribution in [2.75, 3.05) is 26.9 Å². The number of rotatable bonds is 10. The minimum absolute atomic E-state index is 0.376. The van der Waals surface area contributed by atoms with Crippen LogP contribution in [0, 0.1) is 0 Å². The van der Waals surface area contributed by atoms with Crippen molar-refractivity contribution in [3.05, 3.63) is 36.4 Å². The van der Waals surface area contributed by atoms with Crippen LogP contribution in [0.1, 0.15) is 18.9 Å². The third-order valence-corrected chi connectivity index (χ3v) is 3.11.